The van der Waals surface area contributed by atoms with Gasteiger partial charge in [-0.25, -0.2) is 0 Å². The summed E-state index contributed by atoms with van der Waals surface area (Å²) in [7, 11) is 0. The summed E-state index contributed by atoms with van der Waals surface area (Å²) in [5, 5.41) is 3.85. The molecule has 1 aliphatic carbocycles. The van der Waals surface area contributed by atoms with E-state index in [1.807, 2.05) is 19.1 Å². The molecule has 0 radical (unpaired) electrons. The minimum Gasteiger partial charge on any atom is -0.371 e. The van der Waals surface area contributed by atoms with E-state index in [1.165, 1.54) is 19.4 Å². The highest BCUT2D eigenvalue weighted by molar-refractivity contribution is 5.80. The summed E-state index contributed by atoms with van der Waals surface area (Å²) in [6.07, 6.45) is 3.73. The van der Waals surface area contributed by atoms with Gasteiger partial charge in [0.25, 0.3) is 5.89 Å². The largest absolute Gasteiger partial charge is 0.371 e. The second-order valence-corrected chi connectivity index (χ2v) is 8.69. The molecule has 2 saturated heterocycles. The average Bonchev–Trinajstić information content (AvgIpc) is 3.24. The minimum absolute atomic E-state index is 0.114. The van der Waals surface area contributed by atoms with Crippen molar-refractivity contribution in [1.82, 2.24) is 19.9 Å². The molecule has 1 saturated carbocycles. The molecule has 3 fully saturated rings. The molecule has 5 rings (SSSR count). The fraction of sp³-hybridized carbons (Fsp3) is 0.591. The van der Waals surface area contributed by atoms with Crippen LogP contribution in [0, 0.1) is 18.8 Å². The number of aryl methyl sites for hydroxylation is 1. The van der Waals surface area contributed by atoms with Crippen molar-refractivity contribution in [2.75, 3.05) is 50.7 Å². The van der Waals surface area contributed by atoms with Crippen LogP contribution in [0.25, 0.3) is 11.5 Å². The van der Waals surface area contributed by atoms with E-state index in [0.29, 0.717) is 17.6 Å². The first-order valence-electron chi connectivity index (χ1n) is 10.8. The van der Waals surface area contributed by atoms with Crippen LogP contribution in [-0.4, -0.2) is 71.7 Å². The number of hydrogen-bond acceptors (Lipinski definition) is 6. The molecule has 3 heterocycles. The Hall–Kier alpha value is -2.41. The number of nitrogens with zero attached hydrogens (tertiary/aromatic N) is 5. The fourth-order valence-electron chi connectivity index (χ4n) is 4.50. The number of piperazine rings is 1. The highest BCUT2D eigenvalue weighted by Crippen LogP contribution is 2.30. The number of carbonyl (C=O) groups excluding carboxylic acids is 1. The molecular weight excluding hydrogens is 366 g/mol. The minimum atomic E-state index is 0.114. The third-order valence-corrected chi connectivity index (χ3v) is 6.44. The number of anilines is 1. The lowest BCUT2D eigenvalue weighted by Crippen LogP contribution is -2.51. The van der Waals surface area contributed by atoms with Gasteiger partial charge in [-0.05, 0) is 56.4 Å². The number of amides is 1. The molecule has 154 valence electrons. The van der Waals surface area contributed by atoms with E-state index in [0.717, 1.165) is 62.9 Å². The predicted molar refractivity (Wildman–Crippen MR) is 111 cm³/mol. The van der Waals surface area contributed by atoms with Crippen LogP contribution in [0.3, 0.4) is 0 Å². The standard InChI is InChI=1S/C22H29N5O2/c1-16-23-21(29-24-16)18-4-6-20(7-5-18)27-9-8-19(15-27)22(28)26-12-10-25(11-13-26)14-17-2-3-17/h4-7,17,19H,2-3,8-15H2,1H3. The highest BCUT2D eigenvalue weighted by Gasteiger charge is 2.34. The Balaban J connectivity index is 1.15. The average molecular weight is 396 g/mol. The Bertz CT molecular complexity index is 852. The van der Waals surface area contributed by atoms with Crippen LogP contribution in [0.2, 0.25) is 0 Å². The maximum atomic E-state index is 13.0. The van der Waals surface area contributed by atoms with Crippen molar-refractivity contribution in [2.45, 2.75) is 26.2 Å². The molecule has 2 aromatic rings. The molecule has 0 bridgehead atoms. The molecule has 0 N–H and O–H groups in total. The van der Waals surface area contributed by atoms with Gasteiger partial charge in [0.15, 0.2) is 5.82 Å². The van der Waals surface area contributed by atoms with Crippen molar-refractivity contribution in [2.24, 2.45) is 11.8 Å². The molecule has 1 amide bonds. The van der Waals surface area contributed by atoms with Crippen molar-refractivity contribution in [3.05, 3.63) is 30.1 Å². The van der Waals surface area contributed by atoms with Crippen molar-refractivity contribution in [1.29, 1.82) is 0 Å². The summed E-state index contributed by atoms with van der Waals surface area (Å²) in [5.74, 6) is 2.57. The molecule has 0 spiro atoms. The van der Waals surface area contributed by atoms with E-state index in [4.69, 9.17) is 4.52 Å². The lowest BCUT2D eigenvalue weighted by Gasteiger charge is -2.36. The Morgan fingerprint density at radius 1 is 1.07 bits per heavy atom. The molecule has 3 aliphatic rings. The zero-order valence-corrected chi connectivity index (χ0v) is 17.1. The third kappa shape index (κ3) is 4.15. The van der Waals surface area contributed by atoms with Crippen LogP contribution in [-0.2, 0) is 4.79 Å². The second kappa shape index (κ2) is 7.78. The Kier molecular flexibility index (Phi) is 4.99. The third-order valence-electron chi connectivity index (χ3n) is 6.44. The molecule has 1 unspecified atom stereocenters. The second-order valence-electron chi connectivity index (χ2n) is 8.69. The molecule has 1 atom stereocenters. The van der Waals surface area contributed by atoms with Crippen molar-refractivity contribution in [3.8, 4) is 11.5 Å². The summed E-state index contributed by atoms with van der Waals surface area (Å²) < 4.78 is 5.24. The summed E-state index contributed by atoms with van der Waals surface area (Å²) in [4.78, 5) is 24.2. The number of benzene rings is 1. The van der Waals surface area contributed by atoms with Gasteiger partial charge >= 0.3 is 0 Å². The van der Waals surface area contributed by atoms with Gasteiger partial charge in [-0.1, -0.05) is 5.16 Å². The van der Waals surface area contributed by atoms with Crippen LogP contribution in [0.1, 0.15) is 25.1 Å². The van der Waals surface area contributed by atoms with E-state index < -0.39 is 0 Å². The predicted octanol–water partition coefficient (Wildman–Crippen LogP) is 2.43. The van der Waals surface area contributed by atoms with Crippen LogP contribution in [0.15, 0.2) is 28.8 Å². The zero-order chi connectivity index (χ0) is 19.8. The highest BCUT2D eigenvalue weighted by atomic mass is 16.5. The van der Waals surface area contributed by atoms with Crippen LogP contribution in [0.4, 0.5) is 5.69 Å². The van der Waals surface area contributed by atoms with Gasteiger partial charge in [0.2, 0.25) is 5.91 Å². The quantitative estimate of drug-likeness (QED) is 0.775. The molecule has 1 aromatic carbocycles. The SMILES string of the molecule is Cc1noc(-c2ccc(N3CCC(C(=O)N4CCN(CC5CC5)CC4)C3)cc2)n1. The normalized spacial score (nSPS) is 23.0. The number of aromatic nitrogens is 2. The van der Waals surface area contributed by atoms with Gasteiger partial charge in [0, 0.05) is 57.1 Å². The van der Waals surface area contributed by atoms with Crippen molar-refractivity contribution in [3.63, 3.8) is 0 Å². The molecule has 29 heavy (non-hydrogen) atoms. The van der Waals surface area contributed by atoms with Gasteiger partial charge < -0.3 is 14.3 Å². The zero-order valence-electron chi connectivity index (χ0n) is 17.1. The molecule has 7 heteroatoms. The molecule has 1 aromatic heterocycles. The van der Waals surface area contributed by atoms with E-state index in [9.17, 15) is 4.79 Å². The van der Waals surface area contributed by atoms with Gasteiger partial charge in [-0.2, -0.15) is 4.98 Å². The van der Waals surface area contributed by atoms with E-state index in [1.54, 1.807) is 0 Å². The number of rotatable bonds is 5. The van der Waals surface area contributed by atoms with Crippen LogP contribution >= 0.6 is 0 Å². The maximum absolute atomic E-state index is 13.0. The van der Waals surface area contributed by atoms with Crippen LogP contribution in [0.5, 0.6) is 0 Å². The fourth-order valence-corrected chi connectivity index (χ4v) is 4.50. The topological polar surface area (TPSA) is 65.7 Å². The Labute approximate surface area is 171 Å². The molecular formula is C22H29N5O2. The van der Waals surface area contributed by atoms with Crippen molar-refractivity contribution < 1.29 is 9.32 Å². The summed E-state index contributed by atoms with van der Waals surface area (Å²) in [6.45, 7) is 8.64. The Morgan fingerprint density at radius 3 is 2.48 bits per heavy atom. The van der Waals surface area contributed by atoms with Crippen LogP contribution < -0.4 is 4.90 Å². The summed E-state index contributed by atoms with van der Waals surface area (Å²) in [5.41, 5.74) is 2.07. The molecule has 7 nitrogen and oxygen atoms in total. The number of carbonyl (C=O) groups is 1. The number of hydrogen-bond donors (Lipinski definition) is 0. The van der Waals surface area contributed by atoms with Crippen molar-refractivity contribution >= 4 is 11.6 Å². The van der Waals surface area contributed by atoms with E-state index in [2.05, 4.69) is 37.0 Å². The first-order valence-corrected chi connectivity index (χ1v) is 10.8. The van der Waals surface area contributed by atoms with E-state index in [-0.39, 0.29) is 5.92 Å². The summed E-state index contributed by atoms with van der Waals surface area (Å²) >= 11 is 0. The lowest BCUT2D eigenvalue weighted by atomic mass is 10.1. The van der Waals surface area contributed by atoms with Gasteiger partial charge in [-0.3, -0.25) is 9.69 Å². The smallest absolute Gasteiger partial charge is 0.257 e. The first kappa shape index (κ1) is 18.6. The Morgan fingerprint density at radius 2 is 1.83 bits per heavy atom. The van der Waals surface area contributed by atoms with Gasteiger partial charge in [0.05, 0.1) is 5.92 Å². The molecule has 2 aliphatic heterocycles. The summed E-state index contributed by atoms with van der Waals surface area (Å²) in [6, 6.07) is 8.18. The first-order chi connectivity index (χ1) is 14.2. The monoisotopic (exact) mass is 395 g/mol. The lowest BCUT2D eigenvalue weighted by molar-refractivity contribution is -0.136. The maximum Gasteiger partial charge on any atom is 0.257 e. The van der Waals surface area contributed by atoms with Gasteiger partial charge in [0.1, 0.15) is 0 Å². The van der Waals surface area contributed by atoms with E-state index >= 15 is 0 Å². The van der Waals surface area contributed by atoms with Gasteiger partial charge in [-0.15, -0.1) is 0 Å².